The van der Waals surface area contributed by atoms with Gasteiger partial charge in [-0.2, -0.15) is 0 Å². The summed E-state index contributed by atoms with van der Waals surface area (Å²) in [6, 6.07) is 0. The molecule has 3 heteroatoms. The van der Waals surface area contributed by atoms with Gasteiger partial charge in [0.1, 0.15) is 0 Å². The maximum Gasteiger partial charge on any atom is 0.0507 e. The van der Waals surface area contributed by atoms with E-state index in [4.69, 9.17) is 10.5 Å². The van der Waals surface area contributed by atoms with Gasteiger partial charge in [-0.05, 0) is 37.3 Å². The van der Waals surface area contributed by atoms with Gasteiger partial charge in [-0.3, -0.25) is 0 Å². The quantitative estimate of drug-likeness (QED) is 0.725. The van der Waals surface area contributed by atoms with E-state index in [0.717, 1.165) is 25.7 Å². The maximum atomic E-state index is 5.79. The third-order valence-corrected chi connectivity index (χ3v) is 3.67. The van der Waals surface area contributed by atoms with E-state index in [9.17, 15) is 0 Å². The molecule has 0 amide bonds. The minimum Gasteiger partial charge on any atom is -0.381 e. The molecule has 0 aromatic rings. The summed E-state index contributed by atoms with van der Waals surface area (Å²) in [4.78, 5) is 2.56. The summed E-state index contributed by atoms with van der Waals surface area (Å²) in [5.41, 5.74) is 6.16. The van der Waals surface area contributed by atoms with E-state index in [2.05, 4.69) is 11.8 Å². The summed E-state index contributed by atoms with van der Waals surface area (Å²) in [7, 11) is 0. The second-order valence-electron chi connectivity index (χ2n) is 5.23. The van der Waals surface area contributed by atoms with Gasteiger partial charge in [0, 0.05) is 19.7 Å². The van der Waals surface area contributed by atoms with E-state index >= 15 is 0 Å². The van der Waals surface area contributed by atoms with Gasteiger partial charge in [-0.25, -0.2) is 0 Å². The van der Waals surface area contributed by atoms with Crippen molar-refractivity contribution in [1.29, 1.82) is 0 Å². The predicted molar refractivity (Wildman–Crippen MR) is 57.1 cm³/mol. The predicted octanol–water partition coefficient (Wildman–Crippen LogP) is 0.694. The Morgan fingerprint density at radius 1 is 1.57 bits per heavy atom. The van der Waals surface area contributed by atoms with Crippen molar-refractivity contribution >= 4 is 0 Å². The Kier molecular flexibility index (Phi) is 3.10. The van der Waals surface area contributed by atoms with Crippen LogP contribution in [0, 0.1) is 11.3 Å². The van der Waals surface area contributed by atoms with Crippen molar-refractivity contribution in [2.45, 2.75) is 19.8 Å². The first kappa shape index (κ1) is 10.4. The van der Waals surface area contributed by atoms with Gasteiger partial charge in [-0.1, -0.05) is 6.92 Å². The first-order valence-electron chi connectivity index (χ1n) is 5.72. The lowest BCUT2D eigenvalue weighted by Gasteiger charge is -2.24. The third-order valence-electron chi connectivity index (χ3n) is 3.67. The third kappa shape index (κ3) is 2.27. The van der Waals surface area contributed by atoms with Gasteiger partial charge in [0.15, 0.2) is 0 Å². The molecule has 2 rings (SSSR count). The van der Waals surface area contributed by atoms with Crippen molar-refractivity contribution < 1.29 is 4.74 Å². The van der Waals surface area contributed by atoms with E-state index in [1.165, 1.54) is 32.5 Å². The minimum atomic E-state index is 0.374. The molecule has 14 heavy (non-hydrogen) atoms. The first-order chi connectivity index (χ1) is 6.72. The van der Waals surface area contributed by atoms with Crippen molar-refractivity contribution in [3.05, 3.63) is 0 Å². The molecule has 2 N–H and O–H groups in total. The topological polar surface area (TPSA) is 38.5 Å². The highest BCUT2D eigenvalue weighted by molar-refractivity contribution is 4.88. The Labute approximate surface area is 86.6 Å². The lowest BCUT2D eigenvalue weighted by atomic mass is 9.90. The zero-order valence-corrected chi connectivity index (χ0v) is 9.17. The van der Waals surface area contributed by atoms with Gasteiger partial charge < -0.3 is 15.4 Å². The highest BCUT2D eigenvalue weighted by atomic mass is 16.5. The normalized spacial score (nSPS) is 39.4. The first-order valence-corrected chi connectivity index (χ1v) is 5.72. The van der Waals surface area contributed by atoms with Crippen LogP contribution in [-0.2, 0) is 4.74 Å². The summed E-state index contributed by atoms with van der Waals surface area (Å²) in [6.45, 7) is 8.69. The Balaban J connectivity index is 1.78. The van der Waals surface area contributed by atoms with Crippen molar-refractivity contribution in [2.75, 3.05) is 39.4 Å². The van der Waals surface area contributed by atoms with Gasteiger partial charge in [0.05, 0.1) is 6.61 Å². The summed E-state index contributed by atoms with van der Waals surface area (Å²) in [5, 5.41) is 0. The molecule has 0 aromatic heterocycles. The van der Waals surface area contributed by atoms with Crippen LogP contribution in [0.1, 0.15) is 19.8 Å². The van der Waals surface area contributed by atoms with Gasteiger partial charge in [0.25, 0.3) is 0 Å². The number of hydrogen-bond donors (Lipinski definition) is 1. The minimum absolute atomic E-state index is 0.374. The van der Waals surface area contributed by atoms with Crippen molar-refractivity contribution in [3.8, 4) is 0 Å². The molecule has 2 fully saturated rings. The number of nitrogens with two attached hydrogens (primary N) is 1. The molecule has 2 heterocycles. The number of hydrogen-bond acceptors (Lipinski definition) is 3. The average Bonchev–Trinajstić information content (AvgIpc) is 2.78. The van der Waals surface area contributed by atoms with E-state index in [1.807, 2.05) is 0 Å². The highest BCUT2D eigenvalue weighted by Crippen LogP contribution is 2.29. The smallest absolute Gasteiger partial charge is 0.0507 e. The summed E-state index contributed by atoms with van der Waals surface area (Å²) >= 11 is 0. The standard InChI is InChI=1S/C11H22N2O/c1-11(8-12)3-4-13(9-11)6-10-2-5-14-7-10/h10H,2-9,12H2,1H3. The van der Waals surface area contributed by atoms with Gasteiger partial charge >= 0.3 is 0 Å². The molecular formula is C11H22N2O. The van der Waals surface area contributed by atoms with Crippen LogP contribution in [0.25, 0.3) is 0 Å². The van der Waals surface area contributed by atoms with Gasteiger partial charge in [0.2, 0.25) is 0 Å². The molecule has 3 nitrogen and oxygen atoms in total. The van der Waals surface area contributed by atoms with E-state index < -0.39 is 0 Å². The van der Waals surface area contributed by atoms with Crippen molar-refractivity contribution in [3.63, 3.8) is 0 Å². The fourth-order valence-electron chi connectivity index (χ4n) is 2.54. The molecule has 0 saturated carbocycles. The average molecular weight is 198 g/mol. The zero-order valence-electron chi connectivity index (χ0n) is 9.17. The zero-order chi connectivity index (χ0) is 10.0. The molecule has 0 aliphatic carbocycles. The van der Waals surface area contributed by atoms with Crippen LogP contribution in [0.4, 0.5) is 0 Å². The van der Waals surface area contributed by atoms with Crippen LogP contribution in [0.2, 0.25) is 0 Å². The highest BCUT2D eigenvalue weighted by Gasteiger charge is 2.33. The molecule has 0 aromatic carbocycles. The molecule has 2 atom stereocenters. The molecule has 2 aliphatic rings. The summed E-state index contributed by atoms with van der Waals surface area (Å²) in [5.74, 6) is 0.773. The molecule has 0 spiro atoms. The van der Waals surface area contributed by atoms with E-state index in [0.29, 0.717) is 5.41 Å². The molecule has 2 saturated heterocycles. The van der Waals surface area contributed by atoms with E-state index in [-0.39, 0.29) is 0 Å². The monoisotopic (exact) mass is 198 g/mol. The van der Waals surface area contributed by atoms with Crippen LogP contribution in [0.15, 0.2) is 0 Å². The lowest BCUT2D eigenvalue weighted by molar-refractivity contribution is 0.170. The Hall–Kier alpha value is -0.120. The fraction of sp³-hybridized carbons (Fsp3) is 1.00. The molecule has 2 aliphatic heterocycles. The molecule has 82 valence electrons. The lowest BCUT2D eigenvalue weighted by Crippen LogP contribution is -2.33. The fourth-order valence-corrected chi connectivity index (χ4v) is 2.54. The molecule has 0 radical (unpaired) electrons. The van der Waals surface area contributed by atoms with Crippen LogP contribution in [0.3, 0.4) is 0 Å². The second-order valence-corrected chi connectivity index (χ2v) is 5.23. The Morgan fingerprint density at radius 2 is 2.43 bits per heavy atom. The number of ether oxygens (including phenoxy) is 1. The molecular weight excluding hydrogens is 176 g/mol. The maximum absolute atomic E-state index is 5.79. The van der Waals surface area contributed by atoms with Crippen molar-refractivity contribution in [2.24, 2.45) is 17.1 Å². The van der Waals surface area contributed by atoms with Crippen LogP contribution in [0.5, 0.6) is 0 Å². The molecule has 2 unspecified atom stereocenters. The largest absolute Gasteiger partial charge is 0.381 e. The Bertz CT molecular complexity index is 192. The van der Waals surface area contributed by atoms with Crippen LogP contribution >= 0.6 is 0 Å². The molecule has 0 bridgehead atoms. The summed E-state index contributed by atoms with van der Waals surface area (Å²) in [6.07, 6.45) is 2.51. The van der Waals surface area contributed by atoms with Gasteiger partial charge in [-0.15, -0.1) is 0 Å². The number of likely N-dealkylation sites (tertiary alicyclic amines) is 1. The second kappa shape index (κ2) is 4.17. The number of nitrogens with zero attached hydrogens (tertiary/aromatic N) is 1. The Morgan fingerprint density at radius 3 is 3.00 bits per heavy atom. The van der Waals surface area contributed by atoms with Crippen LogP contribution < -0.4 is 5.73 Å². The van der Waals surface area contributed by atoms with E-state index in [1.54, 1.807) is 0 Å². The number of rotatable bonds is 3. The SMILES string of the molecule is CC1(CN)CCN(CC2CCOC2)C1. The summed E-state index contributed by atoms with van der Waals surface area (Å²) < 4.78 is 5.39. The van der Waals surface area contributed by atoms with Crippen LogP contribution in [-0.4, -0.2) is 44.3 Å². The van der Waals surface area contributed by atoms with Crippen molar-refractivity contribution in [1.82, 2.24) is 4.90 Å².